The normalized spacial score (nSPS) is 10.7. The minimum absolute atomic E-state index is 0.379. The van der Waals surface area contributed by atoms with Crippen molar-refractivity contribution in [2.75, 3.05) is 14.2 Å². The molecule has 0 radical (unpaired) electrons. The summed E-state index contributed by atoms with van der Waals surface area (Å²) in [6.07, 6.45) is 3.59. The number of hydrogen-bond donors (Lipinski definition) is 2. The molecule has 6 heteroatoms. The lowest BCUT2D eigenvalue weighted by Crippen LogP contribution is -2.32. The van der Waals surface area contributed by atoms with E-state index >= 15 is 0 Å². The van der Waals surface area contributed by atoms with Crippen LogP contribution >= 0.6 is 0 Å². The third kappa shape index (κ3) is 4.29. The van der Waals surface area contributed by atoms with E-state index < -0.39 is 7.12 Å². The summed E-state index contributed by atoms with van der Waals surface area (Å²) in [5.74, 6) is 0.476. The van der Waals surface area contributed by atoms with Crippen LogP contribution in [-0.2, 0) is 13.1 Å². The lowest BCUT2D eigenvalue weighted by atomic mass is 9.78. The SMILES string of the molecule is COc1ccc(CN(C)Cc2cccnc2)cc1B(O)O. The fraction of sp³-hybridized carbons (Fsp3) is 0.267. The van der Waals surface area contributed by atoms with Gasteiger partial charge in [-0.2, -0.15) is 0 Å². The molecule has 0 aliphatic carbocycles. The second-order valence-corrected chi connectivity index (χ2v) is 4.98. The fourth-order valence-electron chi connectivity index (χ4n) is 2.25. The average Bonchev–Trinajstić information content (AvgIpc) is 2.48. The molecule has 0 saturated heterocycles. The summed E-state index contributed by atoms with van der Waals surface area (Å²) < 4.78 is 5.12. The second kappa shape index (κ2) is 7.22. The number of pyridine rings is 1. The summed E-state index contributed by atoms with van der Waals surface area (Å²) in [6, 6.07) is 9.37. The molecule has 0 fully saturated rings. The highest BCUT2D eigenvalue weighted by atomic mass is 16.5. The molecule has 1 aromatic carbocycles. The Balaban J connectivity index is 2.07. The van der Waals surface area contributed by atoms with Crippen molar-refractivity contribution < 1.29 is 14.8 Å². The standard InChI is InChI=1S/C15H19BN2O3/c1-18(11-13-4-3-7-17-9-13)10-12-5-6-15(21-2)14(8-12)16(19)20/h3-9,19-20H,10-11H2,1-2H3. The first-order chi connectivity index (χ1) is 10.1. The van der Waals surface area contributed by atoms with Crippen molar-refractivity contribution in [2.45, 2.75) is 13.1 Å². The summed E-state index contributed by atoms with van der Waals surface area (Å²) in [4.78, 5) is 6.23. The van der Waals surface area contributed by atoms with Gasteiger partial charge in [0.2, 0.25) is 0 Å². The molecule has 0 aliphatic heterocycles. The summed E-state index contributed by atoms with van der Waals surface area (Å²) in [5.41, 5.74) is 2.51. The summed E-state index contributed by atoms with van der Waals surface area (Å²) in [7, 11) is 1.98. The smallest absolute Gasteiger partial charge is 0.492 e. The highest BCUT2D eigenvalue weighted by Gasteiger charge is 2.17. The molecular formula is C15H19BN2O3. The summed E-state index contributed by atoms with van der Waals surface area (Å²) in [6.45, 7) is 1.47. The lowest BCUT2D eigenvalue weighted by Gasteiger charge is -2.18. The van der Waals surface area contributed by atoms with Crippen molar-refractivity contribution >= 4 is 12.6 Å². The first-order valence-electron chi connectivity index (χ1n) is 6.70. The van der Waals surface area contributed by atoms with E-state index in [1.807, 2.05) is 31.4 Å². The van der Waals surface area contributed by atoms with Gasteiger partial charge in [-0.3, -0.25) is 9.88 Å². The molecule has 5 nitrogen and oxygen atoms in total. The van der Waals surface area contributed by atoms with Crippen LogP contribution in [0, 0.1) is 0 Å². The van der Waals surface area contributed by atoms with E-state index in [1.54, 1.807) is 18.3 Å². The zero-order valence-electron chi connectivity index (χ0n) is 12.2. The highest BCUT2D eigenvalue weighted by molar-refractivity contribution is 6.59. The Hall–Kier alpha value is -1.89. The largest absolute Gasteiger partial charge is 0.497 e. The molecule has 2 rings (SSSR count). The molecule has 0 atom stereocenters. The number of rotatable bonds is 6. The van der Waals surface area contributed by atoms with Crippen LogP contribution < -0.4 is 10.2 Å². The van der Waals surface area contributed by atoms with E-state index in [9.17, 15) is 10.0 Å². The van der Waals surface area contributed by atoms with E-state index in [4.69, 9.17) is 4.74 Å². The third-order valence-corrected chi connectivity index (χ3v) is 3.20. The molecule has 0 aliphatic rings. The number of aromatic nitrogens is 1. The Kier molecular flexibility index (Phi) is 5.33. The molecular weight excluding hydrogens is 267 g/mol. The Morgan fingerprint density at radius 3 is 2.57 bits per heavy atom. The number of nitrogens with zero attached hydrogens (tertiary/aromatic N) is 2. The molecule has 0 bridgehead atoms. The van der Waals surface area contributed by atoms with Crippen molar-refractivity contribution in [3.8, 4) is 5.75 Å². The molecule has 0 spiro atoms. The van der Waals surface area contributed by atoms with Crippen LogP contribution in [0.15, 0.2) is 42.7 Å². The van der Waals surface area contributed by atoms with Crippen molar-refractivity contribution in [2.24, 2.45) is 0 Å². The van der Waals surface area contributed by atoms with Gasteiger partial charge in [-0.05, 0) is 30.3 Å². The van der Waals surface area contributed by atoms with Crippen LogP contribution in [0.4, 0.5) is 0 Å². The quantitative estimate of drug-likeness (QED) is 0.753. The molecule has 110 valence electrons. The number of benzene rings is 1. The van der Waals surface area contributed by atoms with Gasteiger partial charge >= 0.3 is 7.12 Å². The number of hydrogen-bond acceptors (Lipinski definition) is 5. The van der Waals surface area contributed by atoms with Crippen LogP contribution in [0.2, 0.25) is 0 Å². The van der Waals surface area contributed by atoms with Gasteiger partial charge in [-0.1, -0.05) is 18.2 Å². The van der Waals surface area contributed by atoms with Gasteiger partial charge in [0.1, 0.15) is 5.75 Å². The van der Waals surface area contributed by atoms with Gasteiger partial charge in [0.05, 0.1) is 7.11 Å². The van der Waals surface area contributed by atoms with E-state index in [2.05, 4.69) is 9.88 Å². The van der Waals surface area contributed by atoms with Gasteiger partial charge in [0.25, 0.3) is 0 Å². The predicted molar refractivity (Wildman–Crippen MR) is 82.2 cm³/mol. The van der Waals surface area contributed by atoms with Gasteiger partial charge < -0.3 is 14.8 Å². The third-order valence-electron chi connectivity index (χ3n) is 3.20. The Bertz CT molecular complexity index is 578. The minimum Gasteiger partial charge on any atom is -0.497 e. The van der Waals surface area contributed by atoms with Crippen molar-refractivity contribution in [1.29, 1.82) is 0 Å². The molecule has 2 N–H and O–H groups in total. The fourth-order valence-corrected chi connectivity index (χ4v) is 2.25. The molecule has 0 unspecified atom stereocenters. The van der Waals surface area contributed by atoms with Crippen LogP contribution in [-0.4, -0.2) is 41.2 Å². The maximum Gasteiger partial charge on any atom is 0.492 e. The molecule has 0 saturated carbocycles. The first kappa shape index (κ1) is 15.5. The molecule has 1 heterocycles. The Labute approximate surface area is 125 Å². The lowest BCUT2D eigenvalue weighted by molar-refractivity contribution is 0.318. The molecule has 1 aromatic heterocycles. The van der Waals surface area contributed by atoms with Crippen molar-refractivity contribution in [1.82, 2.24) is 9.88 Å². The number of ether oxygens (including phenoxy) is 1. The average molecular weight is 286 g/mol. The molecule has 21 heavy (non-hydrogen) atoms. The van der Waals surface area contributed by atoms with Crippen LogP contribution in [0.3, 0.4) is 0 Å². The Morgan fingerprint density at radius 1 is 1.19 bits per heavy atom. The minimum atomic E-state index is -1.54. The second-order valence-electron chi connectivity index (χ2n) is 4.98. The maximum atomic E-state index is 9.38. The topological polar surface area (TPSA) is 65.8 Å². The van der Waals surface area contributed by atoms with Gasteiger partial charge in [0, 0.05) is 30.9 Å². The van der Waals surface area contributed by atoms with E-state index in [0.717, 1.165) is 17.7 Å². The Morgan fingerprint density at radius 2 is 1.95 bits per heavy atom. The van der Waals surface area contributed by atoms with Gasteiger partial charge in [0.15, 0.2) is 0 Å². The molecule has 2 aromatic rings. The summed E-state index contributed by atoms with van der Waals surface area (Å²) in [5, 5.41) is 18.8. The van der Waals surface area contributed by atoms with E-state index in [0.29, 0.717) is 17.8 Å². The van der Waals surface area contributed by atoms with Gasteiger partial charge in [-0.15, -0.1) is 0 Å². The zero-order chi connectivity index (χ0) is 15.2. The molecule has 0 amide bonds. The van der Waals surface area contributed by atoms with Crippen molar-refractivity contribution in [3.63, 3.8) is 0 Å². The van der Waals surface area contributed by atoms with Gasteiger partial charge in [-0.25, -0.2) is 0 Å². The number of methoxy groups -OCH3 is 1. The highest BCUT2D eigenvalue weighted by Crippen LogP contribution is 2.12. The van der Waals surface area contributed by atoms with Crippen molar-refractivity contribution in [3.05, 3.63) is 53.9 Å². The predicted octanol–water partition coefficient (Wildman–Crippen LogP) is 0.402. The summed E-state index contributed by atoms with van der Waals surface area (Å²) >= 11 is 0. The first-order valence-corrected chi connectivity index (χ1v) is 6.70. The van der Waals surface area contributed by atoms with Crippen LogP contribution in [0.1, 0.15) is 11.1 Å². The maximum absolute atomic E-state index is 9.38. The van der Waals surface area contributed by atoms with E-state index in [-0.39, 0.29) is 0 Å². The zero-order valence-corrected chi connectivity index (χ0v) is 12.2. The van der Waals surface area contributed by atoms with Crippen LogP contribution in [0.25, 0.3) is 0 Å². The van der Waals surface area contributed by atoms with E-state index in [1.165, 1.54) is 7.11 Å². The van der Waals surface area contributed by atoms with Crippen LogP contribution in [0.5, 0.6) is 5.75 Å². The monoisotopic (exact) mass is 286 g/mol.